The van der Waals surface area contributed by atoms with Gasteiger partial charge in [0.2, 0.25) is 0 Å². The van der Waals surface area contributed by atoms with Crippen molar-refractivity contribution in [1.29, 1.82) is 0 Å². The number of carbonyl (C=O) groups is 2. The minimum Gasteiger partial charge on any atom is -0.391 e. The third-order valence-electron chi connectivity index (χ3n) is 4.98. The summed E-state index contributed by atoms with van der Waals surface area (Å²) in [5, 5.41) is 19.6. The summed E-state index contributed by atoms with van der Waals surface area (Å²) in [4.78, 5) is 30.4. The fourth-order valence-electron chi connectivity index (χ4n) is 3.35. The van der Waals surface area contributed by atoms with Gasteiger partial charge in [-0.2, -0.15) is 0 Å². The van der Waals surface area contributed by atoms with Gasteiger partial charge >= 0.3 is 11.8 Å². The summed E-state index contributed by atoms with van der Waals surface area (Å²) in [5.74, 6) is -1.48. The zero-order valence-electron chi connectivity index (χ0n) is 16.4. The van der Waals surface area contributed by atoms with Gasteiger partial charge in [-0.25, -0.2) is 4.98 Å². The summed E-state index contributed by atoms with van der Waals surface area (Å²) in [5.41, 5.74) is 2.06. The zero-order chi connectivity index (χ0) is 21.0. The molecule has 156 valence electrons. The summed E-state index contributed by atoms with van der Waals surface area (Å²) >= 11 is 7.37. The Morgan fingerprint density at radius 3 is 2.76 bits per heavy atom. The quantitative estimate of drug-likeness (QED) is 0.539. The van der Waals surface area contributed by atoms with Gasteiger partial charge in [-0.1, -0.05) is 18.0 Å². The second-order valence-corrected chi connectivity index (χ2v) is 8.67. The first kappa shape index (κ1) is 21.7. The van der Waals surface area contributed by atoms with Gasteiger partial charge in [-0.05, 0) is 57.0 Å². The van der Waals surface area contributed by atoms with Crippen molar-refractivity contribution in [3.05, 3.63) is 44.4 Å². The number of hydrogen-bond donors (Lipinski definition) is 4. The molecular weight excluding hydrogens is 412 g/mol. The molecule has 9 heteroatoms. The molecule has 0 radical (unpaired) electrons. The van der Waals surface area contributed by atoms with Crippen LogP contribution in [0.3, 0.4) is 0 Å². The molecular formula is C20H25ClN4O3S. The van der Waals surface area contributed by atoms with Crippen LogP contribution in [-0.4, -0.2) is 34.5 Å². The second-order valence-electron chi connectivity index (χ2n) is 7.14. The number of aryl methyl sites for hydroxylation is 2. The lowest BCUT2D eigenvalue weighted by Gasteiger charge is -2.30. The number of piperidine rings is 1. The molecule has 4 N–H and O–H groups in total. The molecule has 2 unspecified atom stereocenters. The standard InChI is InChI=1S/C20H25ClN4O3S/c1-11-9-13(6-7-14(11)21)24-18(27)19(28)25-17(15-5-3-4-8-22-15)20-23-12(2)16(10-26)29-20/h6-7,9,15,17,22,26H,3-5,8,10H2,1-2H3,(H,24,27)(H,25,28). The Balaban J connectivity index is 1.75. The van der Waals surface area contributed by atoms with Crippen LogP contribution in [0.5, 0.6) is 0 Å². The molecule has 1 aliphatic heterocycles. The van der Waals surface area contributed by atoms with Crippen molar-refractivity contribution in [3.63, 3.8) is 0 Å². The van der Waals surface area contributed by atoms with Crippen molar-refractivity contribution in [2.24, 2.45) is 0 Å². The molecule has 2 aromatic rings. The number of thiazole rings is 1. The highest BCUT2D eigenvalue weighted by molar-refractivity contribution is 7.11. The lowest BCUT2D eigenvalue weighted by molar-refractivity contribution is -0.136. The Bertz CT molecular complexity index is 896. The number of hydrogen-bond acceptors (Lipinski definition) is 6. The van der Waals surface area contributed by atoms with Gasteiger partial charge in [0.15, 0.2) is 0 Å². The highest BCUT2D eigenvalue weighted by atomic mass is 35.5. The summed E-state index contributed by atoms with van der Waals surface area (Å²) in [6.45, 7) is 4.41. The van der Waals surface area contributed by atoms with E-state index in [2.05, 4.69) is 20.9 Å². The lowest BCUT2D eigenvalue weighted by Crippen LogP contribution is -2.48. The molecule has 0 saturated carbocycles. The van der Waals surface area contributed by atoms with Gasteiger partial charge in [0.25, 0.3) is 0 Å². The molecule has 0 aliphatic carbocycles. The minimum absolute atomic E-state index is 0.0182. The average Bonchev–Trinajstić information content (AvgIpc) is 3.09. The van der Waals surface area contributed by atoms with Crippen LogP contribution in [-0.2, 0) is 16.2 Å². The summed E-state index contributed by atoms with van der Waals surface area (Å²) in [7, 11) is 0. The van der Waals surface area contributed by atoms with Crippen molar-refractivity contribution in [2.45, 2.75) is 51.8 Å². The number of aliphatic hydroxyl groups excluding tert-OH is 1. The molecule has 1 fully saturated rings. The van der Waals surface area contributed by atoms with Crippen molar-refractivity contribution in [3.8, 4) is 0 Å². The highest BCUT2D eigenvalue weighted by Crippen LogP contribution is 2.29. The van der Waals surface area contributed by atoms with Crippen LogP contribution < -0.4 is 16.0 Å². The first-order valence-electron chi connectivity index (χ1n) is 9.57. The van der Waals surface area contributed by atoms with Crippen molar-refractivity contribution >= 4 is 40.4 Å². The number of nitrogens with zero attached hydrogens (tertiary/aromatic N) is 1. The first-order chi connectivity index (χ1) is 13.9. The van der Waals surface area contributed by atoms with E-state index in [4.69, 9.17) is 11.6 Å². The van der Waals surface area contributed by atoms with E-state index in [1.807, 2.05) is 13.8 Å². The predicted molar refractivity (Wildman–Crippen MR) is 114 cm³/mol. The maximum absolute atomic E-state index is 12.6. The number of anilines is 1. The number of carbonyl (C=O) groups excluding carboxylic acids is 2. The Hall–Kier alpha value is -2.00. The molecule has 2 heterocycles. The molecule has 0 bridgehead atoms. The van der Waals surface area contributed by atoms with Crippen molar-refractivity contribution < 1.29 is 14.7 Å². The van der Waals surface area contributed by atoms with Crippen LogP contribution in [0.25, 0.3) is 0 Å². The van der Waals surface area contributed by atoms with Gasteiger partial charge in [-0.15, -0.1) is 11.3 Å². The van der Waals surface area contributed by atoms with Gasteiger partial charge in [0.1, 0.15) is 5.01 Å². The molecule has 1 aromatic heterocycles. The average molecular weight is 437 g/mol. The lowest BCUT2D eigenvalue weighted by atomic mass is 9.98. The van der Waals surface area contributed by atoms with Crippen molar-refractivity contribution in [1.82, 2.24) is 15.6 Å². The van der Waals surface area contributed by atoms with Gasteiger partial charge in [0.05, 0.1) is 23.2 Å². The molecule has 1 saturated heterocycles. The molecule has 1 aliphatic rings. The van der Waals surface area contributed by atoms with E-state index < -0.39 is 17.9 Å². The van der Waals surface area contributed by atoms with Crippen LogP contribution >= 0.6 is 22.9 Å². The van der Waals surface area contributed by atoms with E-state index in [0.717, 1.165) is 41.9 Å². The minimum atomic E-state index is -0.747. The van der Waals surface area contributed by atoms with Crippen LogP contribution in [0.2, 0.25) is 5.02 Å². The van der Waals surface area contributed by atoms with Crippen LogP contribution in [0.1, 0.15) is 46.4 Å². The number of nitrogens with one attached hydrogen (secondary N) is 3. The second kappa shape index (κ2) is 9.67. The third-order valence-corrected chi connectivity index (χ3v) is 6.63. The van der Waals surface area contributed by atoms with E-state index in [1.165, 1.54) is 11.3 Å². The number of amides is 2. The van der Waals surface area contributed by atoms with E-state index >= 15 is 0 Å². The number of aromatic nitrogens is 1. The molecule has 2 atom stereocenters. The smallest absolute Gasteiger partial charge is 0.313 e. The largest absolute Gasteiger partial charge is 0.391 e. The normalized spacial score (nSPS) is 17.6. The topological polar surface area (TPSA) is 103 Å². The molecule has 3 rings (SSSR count). The van der Waals surface area contributed by atoms with E-state index in [-0.39, 0.29) is 12.6 Å². The van der Waals surface area contributed by atoms with Gasteiger partial charge in [0, 0.05) is 16.8 Å². The van der Waals surface area contributed by atoms with Crippen LogP contribution in [0.4, 0.5) is 5.69 Å². The molecule has 7 nitrogen and oxygen atoms in total. The summed E-state index contributed by atoms with van der Waals surface area (Å²) < 4.78 is 0. The SMILES string of the molecule is Cc1cc(NC(=O)C(=O)NC(c2nc(C)c(CO)s2)C2CCCCN2)ccc1Cl. The number of rotatable bonds is 5. The predicted octanol–water partition coefficient (Wildman–Crippen LogP) is 2.84. The van der Waals surface area contributed by atoms with Gasteiger partial charge < -0.3 is 21.1 Å². The summed E-state index contributed by atoms with van der Waals surface area (Å²) in [6.07, 6.45) is 2.99. The summed E-state index contributed by atoms with van der Waals surface area (Å²) in [6, 6.07) is 4.58. The number of halogens is 1. The maximum Gasteiger partial charge on any atom is 0.313 e. The monoisotopic (exact) mass is 436 g/mol. The van der Waals surface area contributed by atoms with Crippen LogP contribution in [0.15, 0.2) is 18.2 Å². The van der Waals surface area contributed by atoms with Gasteiger partial charge in [-0.3, -0.25) is 9.59 Å². The van der Waals surface area contributed by atoms with Crippen molar-refractivity contribution in [2.75, 3.05) is 11.9 Å². The van der Waals surface area contributed by atoms with E-state index in [1.54, 1.807) is 18.2 Å². The molecule has 0 spiro atoms. The Morgan fingerprint density at radius 2 is 2.14 bits per heavy atom. The Morgan fingerprint density at radius 1 is 1.34 bits per heavy atom. The van der Waals surface area contributed by atoms with E-state index in [0.29, 0.717) is 15.7 Å². The number of aliphatic hydroxyl groups is 1. The maximum atomic E-state index is 12.6. The zero-order valence-corrected chi connectivity index (χ0v) is 18.0. The Labute approximate surface area is 178 Å². The first-order valence-corrected chi connectivity index (χ1v) is 10.8. The number of benzene rings is 1. The fourth-order valence-corrected chi connectivity index (χ4v) is 4.51. The highest BCUT2D eigenvalue weighted by Gasteiger charge is 2.31. The molecule has 29 heavy (non-hydrogen) atoms. The van der Waals surface area contributed by atoms with Crippen LogP contribution in [0, 0.1) is 13.8 Å². The molecule has 1 aromatic carbocycles. The van der Waals surface area contributed by atoms with E-state index in [9.17, 15) is 14.7 Å². The Kier molecular flexibility index (Phi) is 7.23. The molecule has 2 amide bonds. The third kappa shape index (κ3) is 5.33. The fraction of sp³-hybridized carbons (Fsp3) is 0.450.